The lowest BCUT2D eigenvalue weighted by Crippen LogP contribution is -2.38. The van der Waals surface area contributed by atoms with Gasteiger partial charge in [-0.3, -0.25) is 10.1 Å². The molecule has 0 bridgehead atoms. The van der Waals surface area contributed by atoms with Crippen molar-refractivity contribution in [2.24, 2.45) is 0 Å². The highest BCUT2D eigenvalue weighted by atomic mass is 16.6. The summed E-state index contributed by atoms with van der Waals surface area (Å²) in [5.74, 6) is -2.46. The first-order chi connectivity index (χ1) is 13.3. The van der Waals surface area contributed by atoms with Gasteiger partial charge < -0.3 is 23.8 Å². The number of anilines is 1. The van der Waals surface area contributed by atoms with Crippen LogP contribution in [0.1, 0.15) is 17.3 Å². The second-order valence-electron chi connectivity index (χ2n) is 5.43. The molecule has 2 rings (SSSR count). The number of rotatable bonds is 6. The topological polar surface area (TPSA) is 135 Å². The van der Waals surface area contributed by atoms with Gasteiger partial charge in [-0.1, -0.05) is 0 Å². The Kier molecular flexibility index (Phi) is 6.66. The molecule has 1 aromatic rings. The molecule has 0 aliphatic carbocycles. The summed E-state index contributed by atoms with van der Waals surface area (Å²) in [5.41, 5.74) is -0.755. The SMILES string of the molecule is CCOC(=O)c1cc(N2COCC(C(=O)OC)=C2C(=O)OC)cc([N+](=O)[O-])c1. The lowest BCUT2D eigenvalue weighted by molar-refractivity contribution is -0.384. The molecule has 11 nitrogen and oxygen atoms in total. The number of carbonyl (C=O) groups excluding carboxylic acids is 3. The van der Waals surface area contributed by atoms with E-state index in [1.54, 1.807) is 6.92 Å². The van der Waals surface area contributed by atoms with E-state index in [1.807, 2.05) is 0 Å². The number of carbonyl (C=O) groups is 3. The van der Waals surface area contributed by atoms with Crippen molar-refractivity contribution in [2.45, 2.75) is 6.92 Å². The van der Waals surface area contributed by atoms with E-state index < -0.39 is 28.5 Å². The van der Waals surface area contributed by atoms with Crippen molar-refractivity contribution in [2.75, 3.05) is 39.1 Å². The molecule has 0 saturated carbocycles. The molecule has 1 aliphatic rings. The molecule has 0 atom stereocenters. The van der Waals surface area contributed by atoms with Crippen molar-refractivity contribution in [1.29, 1.82) is 0 Å². The predicted octanol–water partition coefficient (Wildman–Crippen LogP) is 1.17. The molecule has 1 aliphatic heterocycles. The summed E-state index contributed by atoms with van der Waals surface area (Å²) >= 11 is 0. The van der Waals surface area contributed by atoms with Crippen LogP contribution >= 0.6 is 0 Å². The minimum atomic E-state index is -0.868. The van der Waals surface area contributed by atoms with Crippen LogP contribution in [-0.2, 0) is 28.5 Å². The predicted molar refractivity (Wildman–Crippen MR) is 93.4 cm³/mol. The van der Waals surface area contributed by atoms with E-state index in [4.69, 9.17) is 14.2 Å². The lowest BCUT2D eigenvalue weighted by atomic mass is 10.1. The Bertz CT molecular complexity index is 847. The van der Waals surface area contributed by atoms with Crippen LogP contribution in [-0.4, -0.2) is 57.0 Å². The minimum absolute atomic E-state index is 0.0683. The van der Waals surface area contributed by atoms with E-state index in [0.717, 1.165) is 26.4 Å². The number of hydrogen-bond acceptors (Lipinski definition) is 10. The second-order valence-corrected chi connectivity index (χ2v) is 5.43. The third kappa shape index (κ3) is 4.26. The molecule has 0 unspecified atom stereocenters. The molecule has 0 amide bonds. The van der Waals surface area contributed by atoms with Crippen molar-refractivity contribution < 1.29 is 38.3 Å². The van der Waals surface area contributed by atoms with Gasteiger partial charge in [-0.15, -0.1) is 0 Å². The number of nitrogens with zero attached hydrogens (tertiary/aromatic N) is 2. The van der Waals surface area contributed by atoms with Crippen LogP contribution in [0.15, 0.2) is 29.5 Å². The molecule has 0 N–H and O–H groups in total. The maximum atomic E-state index is 12.3. The van der Waals surface area contributed by atoms with E-state index >= 15 is 0 Å². The molecular weight excluding hydrogens is 376 g/mol. The van der Waals surface area contributed by atoms with Crippen molar-refractivity contribution in [3.05, 3.63) is 45.1 Å². The number of nitro groups is 1. The number of benzene rings is 1. The van der Waals surface area contributed by atoms with Gasteiger partial charge in [-0.05, 0) is 13.0 Å². The number of ether oxygens (including phenoxy) is 4. The highest BCUT2D eigenvalue weighted by Gasteiger charge is 2.33. The number of esters is 3. The standard InChI is InChI=1S/C17H18N2O9/c1-4-28-15(20)10-5-11(7-12(6-10)19(23)24)18-9-27-8-13(16(21)25-2)14(18)17(22)26-3/h5-7H,4,8-9H2,1-3H3. The minimum Gasteiger partial charge on any atom is -0.466 e. The zero-order chi connectivity index (χ0) is 20.8. The van der Waals surface area contributed by atoms with Crippen LogP contribution in [0.2, 0.25) is 0 Å². The van der Waals surface area contributed by atoms with Crippen molar-refractivity contribution >= 4 is 29.3 Å². The first kappa shape index (κ1) is 20.8. The largest absolute Gasteiger partial charge is 0.466 e. The van der Waals surface area contributed by atoms with Crippen molar-refractivity contribution in [3.8, 4) is 0 Å². The monoisotopic (exact) mass is 394 g/mol. The zero-order valence-corrected chi connectivity index (χ0v) is 15.4. The third-order valence-corrected chi connectivity index (χ3v) is 3.77. The summed E-state index contributed by atoms with van der Waals surface area (Å²) in [7, 11) is 2.25. The van der Waals surface area contributed by atoms with E-state index in [1.165, 1.54) is 11.0 Å². The number of hydrogen-bond donors (Lipinski definition) is 0. The van der Waals surface area contributed by atoms with Crippen LogP contribution in [0.3, 0.4) is 0 Å². The van der Waals surface area contributed by atoms with Gasteiger partial charge in [0.15, 0.2) is 0 Å². The Morgan fingerprint density at radius 2 is 1.82 bits per heavy atom. The maximum Gasteiger partial charge on any atom is 0.355 e. The van der Waals surface area contributed by atoms with E-state index in [9.17, 15) is 24.5 Å². The van der Waals surface area contributed by atoms with Gasteiger partial charge in [0.25, 0.3) is 5.69 Å². The number of nitro benzene ring substituents is 1. The van der Waals surface area contributed by atoms with E-state index in [0.29, 0.717) is 0 Å². The van der Waals surface area contributed by atoms with Crippen molar-refractivity contribution in [3.63, 3.8) is 0 Å². The molecule has 150 valence electrons. The van der Waals surface area contributed by atoms with E-state index in [-0.39, 0.29) is 42.5 Å². The molecular formula is C17H18N2O9. The van der Waals surface area contributed by atoms with Crippen molar-refractivity contribution in [1.82, 2.24) is 0 Å². The first-order valence-corrected chi connectivity index (χ1v) is 8.05. The van der Waals surface area contributed by atoms with Crippen LogP contribution in [0, 0.1) is 10.1 Å². The average Bonchev–Trinajstić information content (AvgIpc) is 2.71. The molecule has 0 aromatic heterocycles. The summed E-state index contributed by atoms with van der Waals surface area (Å²) < 4.78 is 19.6. The number of methoxy groups -OCH3 is 2. The Morgan fingerprint density at radius 3 is 2.39 bits per heavy atom. The lowest BCUT2D eigenvalue weighted by Gasteiger charge is -2.31. The average molecular weight is 394 g/mol. The Morgan fingerprint density at radius 1 is 1.14 bits per heavy atom. The molecule has 1 heterocycles. The smallest absolute Gasteiger partial charge is 0.355 e. The second kappa shape index (κ2) is 8.95. The van der Waals surface area contributed by atoms with Crippen LogP contribution < -0.4 is 4.90 Å². The van der Waals surface area contributed by atoms with Gasteiger partial charge >= 0.3 is 17.9 Å². The molecule has 0 fully saturated rings. The zero-order valence-electron chi connectivity index (χ0n) is 15.4. The van der Waals surface area contributed by atoms with Gasteiger partial charge in [0.2, 0.25) is 0 Å². The molecule has 1 aromatic carbocycles. The fraction of sp³-hybridized carbons (Fsp3) is 0.353. The summed E-state index contributed by atoms with van der Waals surface area (Å²) in [5, 5.41) is 11.3. The Balaban J connectivity index is 2.65. The summed E-state index contributed by atoms with van der Waals surface area (Å²) in [6.07, 6.45) is 0. The van der Waals surface area contributed by atoms with E-state index in [2.05, 4.69) is 4.74 Å². The van der Waals surface area contributed by atoms with Crippen LogP contribution in [0.4, 0.5) is 11.4 Å². The highest BCUT2D eigenvalue weighted by Crippen LogP contribution is 2.31. The molecule has 28 heavy (non-hydrogen) atoms. The normalized spacial score (nSPS) is 13.8. The van der Waals surface area contributed by atoms with Gasteiger partial charge in [0, 0.05) is 12.1 Å². The van der Waals surface area contributed by atoms with Crippen LogP contribution in [0.25, 0.3) is 0 Å². The highest BCUT2D eigenvalue weighted by molar-refractivity contribution is 6.03. The molecule has 0 saturated heterocycles. The maximum absolute atomic E-state index is 12.3. The quantitative estimate of drug-likeness (QED) is 0.299. The third-order valence-electron chi connectivity index (χ3n) is 3.77. The summed E-state index contributed by atoms with van der Waals surface area (Å²) in [4.78, 5) is 48.2. The first-order valence-electron chi connectivity index (χ1n) is 8.05. The Hall–Kier alpha value is -3.47. The van der Waals surface area contributed by atoms with Crippen LogP contribution in [0.5, 0.6) is 0 Å². The van der Waals surface area contributed by atoms with Gasteiger partial charge in [-0.25, -0.2) is 14.4 Å². The molecule has 0 spiro atoms. The molecule has 11 heteroatoms. The van der Waals surface area contributed by atoms with Gasteiger partial charge in [-0.2, -0.15) is 0 Å². The number of non-ortho nitro benzene ring substituents is 1. The van der Waals surface area contributed by atoms with Gasteiger partial charge in [0.05, 0.1) is 49.2 Å². The summed E-state index contributed by atoms with van der Waals surface area (Å²) in [6, 6.07) is 3.47. The fourth-order valence-corrected chi connectivity index (χ4v) is 2.54. The van der Waals surface area contributed by atoms with Gasteiger partial charge in [0.1, 0.15) is 12.4 Å². The Labute approximate surface area is 159 Å². The fourth-order valence-electron chi connectivity index (χ4n) is 2.54. The molecule has 0 radical (unpaired) electrons. The summed E-state index contributed by atoms with van der Waals surface area (Å²) in [6.45, 7) is 1.24.